The summed E-state index contributed by atoms with van der Waals surface area (Å²) in [6.07, 6.45) is 2.82. The lowest BCUT2D eigenvalue weighted by Gasteiger charge is -2.36. The van der Waals surface area contributed by atoms with Crippen LogP contribution in [0.4, 0.5) is 9.59 Å². The Morgan fingerprint density at radius 2 is 1.31 bits per heavy atom. The average molecular weight is 230 g/mol. The monoisotopic (exact) mass is 230 g/mol. The maximum atomic E-state index is 10.9. The molecular weight excluding hydrogens is 212 g/mol. The number of primary amides is 2. The molecule has 0 aromatic heterocycles. The van der Waals surface area contributed by atoms with Crippen molar-refractivity contribution in [2.24, 2.45) is 23.2 Å². The van der Waals surface area contributed by atoms with Gasteiger partial charge in [0.15, 0.2) is 0 Å². The number of rotatable bonds is 2. The zero-order valence-corrected chi connectivity index (χ0v) is 9.00. The number of nitrogens with zero attached hydrogens (tertiary/aromatic N) is 2. The van der Waals surface area contributed by atoms with Gasteiger partial charge in [-0.25, -0.2) is 21.3 Å². The number of hydrogen-bond acceptors (Lipinski definition) is 4. The fourth-order valence-electron chi connectivity index (χ4n) is 2.00. The molecule has 0 spiro atoms. The van der Waals surface area contributed by atoms with Crippen LogP contribution in [0.2, 0.25) is 0 Å². The van der Waals surface area contributed by atoms with E-state index in [1.807, 2.05) is 0 Å². The molecule has 0 heterocycles. The van der Waals surface area contributed by atoms with Gasteiger partial charge < -0.3 is 11.5 Å². The van der Waals surface area contributed by atoms with Crippen LogP contribution >= 0.6 is 0 Å². The van der Waals surface area contributed by atoms with E-state index >= 15 is 0 Å². The predicted octanol–water partition coefficient (Wildman–Crippen LogP) is -1.19. The lowest BCUT2D eigenvalue weighted by atomic mass is 9.90. The number of hydrogen-bond donors (Lipinski definition) is 4. The van der Waals surface area contributed by atoms with Crippen molar-refractivity contribution >= 4 is 12.1 Å². The van der Waals surface area contributed by atoms with Crippen molar-refractivity contribution in [1.29, 1.82) is 0 Å². The zero-order chi connectivity index (χ0) is 12.3. The Hall–Kier alpha value is -1.54. The molecule has 1 aliphatic rings. The van der Waals surface area contributed by atoms with Gasteiger partial charge in [-0.15, -0.1) is 0 Å². The predicted molar refractivity (Wildman–Crippen MR) is 57.3 cm³/mol. The third-order valence-electron chi connectivity index (χ3n) is 2.91. The Morgan fingerprint density at radius 1 is 0.938 bits per heavy atom. The third kappa shape index (κ3) is 2.74. The van der Waals surface area contributed by atoms with Crippen molar-refractivity contribution < 1.29 is 9.59 Å². The van der Waals surface area contributed by atoms with Gasteiger partial charge in [0, 0.05) is 0 Å². The molecular formula is C8H18N6O2. The topological polar surface area (TPSA) is 145 Å². The number of nitrogens with two attached hydrogens (primary N) is 4. The van der Waals surface area contributed by atoms with Gasteiger partial charge in [-0.05, 0) is 25.7 Å². The van der Waals surface area contributed by atoms with Crippen molar-refractivity contribution in [2.45, 2.75) is 37.8 Å². The van der Waals surface area contributed by atoms with E-state index in [2.05, 4.69) is 0 Å². The van der Waals surface area contributed by atoms with Crippen LogP contribution in [-0.2, 0) is 0 Å². The maximum absolute atomic E-state index is 10.9. The van der Waals surface area contributed by atoms with E-state index in [1.165, 1.54) is 0 Å². The van der Waals surface area contributed by atoms with Crippen LogP contribution in [0.1, 0.15) is 25.7 Å². The largest absolute Gasteiger partial charge is 0.350 e. The van der Waals surface area contributed by atoms with Crippen molar-refractivity contribution in [3.05, 3.63) is 0 Å². The van der Waals surface area contributed by atoms with E-state index in [0.29, 0.717) is 6.42 Å². The molecule has 1 fully saturated rings. The number of urea groups is 2. The third-order valence-corrected chi connectivity index (χ3v) is 2.91. The zero-order valence-electron chi connectivity index (χ0n) is 9.00. The quantitative estimate of drug-likeness (QED) is 0.268. The van der Waals surface area contributed by atoms with Gasteiger partial charge in [-0.2, -0.15) is 0 Å². The number of hydrazine groups is 2. The molecule has 92 valence electrons. The molecule has 8 N–H and O–H groups in total. The molecule has 2 unspecified atom stereocenters. The molecule has 0 bridgehead atoms. The molecule has 16 heavy (non-hydrogen) atoms. The normalized spacial score (nSPS) is 24.9. The van der Waals surface area contributed by atoms with E-state index in [1.54, 1.807) is 0 Å². The Kier molecular flexibility index (Phi) is 3.91. The fraction of sp³-hybridized carbons (Fsp3) is 0.750. The summed E-state index contributed by atoms with van der Waals surface area (Å²) < 4.78 is 0. The second-order valence-electron chi connectivity index (χ2n) is 3.97. The first kappa shape index (κ1) is 12.5. The fourth-order valence-corrected chi connectivity index (χ4v) is 2.00. The molecule has 0 aromatic carbocycles. The minimum absolute atomic E-state index is 0.193. The molecule has 8 nitrogen and oxygen atoms in total. The van der Waals surface area contributed by atoms with Crippen LogP contribution in [0.5, 0.6) is 0 Å². The number of carbonyl (C=O) groups is 2. The SMILES string of the molecule is NC(=O)N(N)C1CCCC(N(N)C(N)=O)C1. The van der Waals surface area contributed by atoms with E-state index in [0.717, 1.165) is 29.3 Å². The van der Waals surface area contributed by atoms with Crippen molar-refractivity contribution in [3.63, 3.8) is 0 Å². The van der Waals surface area contributed by atoms with Gasteiger partial charge in [-0.3, -0.25) is 10.0 Å². The molecule has 1 aliphatic carbocycles. The van der Waals surface area contributed by atoms with Gasteiger partial charge in [0.25, 0.3) is 0 Å². The van der Waals surface area contributed by atoms with Gasteiger partial charge in [0.1, 0.15) is 0 Å². The van der Waals surface area contributed by atoms with Crippen LogP contribution in [0.25, 0.3) is 0 Å². The number of amides is 4. The molecule has 1 rings (SSSR count). The number of carbonyl (C=O) groups excluding carboxylic acids is 2. The second-order valence-corrected chi connectivity index (χ2v) is 3.97. The summed E-state index contributed by atoms with van der Waals surface area (Å²) in [5, 5.41) is 1.97. The Bertz CT molecular complexity index is 258. The van der Waals surface area contributed by atoms with Crippen molar-refractivity contribution in [2.75, 3.05) is 0 Å². The van der Waals surface area contributed by atoms with Gasteiger partial charge >= 0.3 is 12.1 Å². The molecule has 8 heteroatoms. The summed E-state index contributed by atoms with van der Waals surface area (Å²) in [6, 6.07) is -1.76. The van der Waals surface area contributed by atoms with Crippen LogP contribution < -0.4 is 23.2 Å². The van der Waals surface area contributed by atoms with E-state index in [-0.39, 0.29) is 12.1 Å². The highest BCUT2D eigenvalue weighted by atomic mass is 16.2. The smallest absolute Gasteiger partial charge is 0.329 e. The molecule has 0 saturated heterocycles. The summed E-state index contributed by atoms with van der Waals surface area (Å²) >= 11 is 0. The lowest BCUT2D eigenvalue weighted by Crippen LogP contribution is -2.56. The highest BCUT2D eigenvalue weighted by Crippen LogP contribution is 2.24. The van der Waals surface area contributed by atoms with Gasteiger partial charge in [0.05, 0.1) is 12.1 Å². The second kappa shape index (κ2) is 4.99. The molecule has 2 atom stereocenters. The summed E-state index contributed by atoms with van der Waals surface area (Å²) in [5.74, 6) is 11.0. The molecule has 0 radical (unpaired) electrons. The van der Waals surface area contributed by atoms with Crippen LogP contribution in [-0.4, -0.2) is 34.2 Å². The van der Waals surface area contributed by atoms with Gasteiger partial charge in [-0.1, -0.05) is 0 Å². The first-order valence-electron chi connectivity index (χ1n) is 5.10. The Balaban J connectivity index is 2.60. The summed E-state index contributed by atoms with van der Waals surface area (Å²) in [4.78, 5) is 21.8. The first-order chi connectivity index (χ1) is 7.43. The summed E-state index contributed by atoms with van der Waals surface area (Å²) in [6.45, 7) is 0. The highest BCUT2D eigenvalue weighted by Gasteiger charge is 2.30. The Morgan fingerprint density at radius 3 is 1.62 bits per heavy atom. The maximum Gasteiger partial charge on any atom is 0.329 e. The average Bonchev–Trinajstić information content (AvgIpc) is 2.26. The molecule has 0 aliphatic heterocycles. The molecule has 4 amide bonds. The van der Waals surface area contributed by atoms with Crippen LogP contribution in [0.3, 0.4) is 0 Å². The van der Waals surface area contributed by atoms with Crippen LogP contribution in [0, 0.1) is 0 Å². The van der Waals surface area contributed by atoms with E-state index < -0.39 is 12.1 Å². The van der Waals surface area contributed by atoms with Crippen LogP contribution in [0.15, 0.2) is 0 Å². The minimum Gasteiger partial charge on any atom is -0.350 e. The first-order valence-corrected chi connectivity index (χ1v) is 5.10. The summed E-state index contributed by atoms with van der Waals surface area (Å²) in [5.41, 5.74) is 10.1. The molecule has 0 aromatic rings. The minimum atomic E-state index is -0.687. The highest BCUT2D eigenvalue weighted by molar-refractivity contribution is 5.72. The summed E-state index contributed by atoms with van der Waals surface area (Å²) in [7, 11) is 0. The Labute approximate surface area is 93.4 Å². The van der Waals surface area contributed by atoms with E-state index in [9.17, 15) is 9.59 Å². The molecule has 1 saturated carbocycles. The standard InChI is InChI=1S/C8H18N6O2/c9-7(15)13(11)5-2-1-3-6(4-5)14(12)8(10)16/h5-6H,1-4,11-12H2,(H2,9,15)(H2,10,16). The lowest BCUT2D eigenvalue weighted by molar-refractivity contribution is 0.114. The van der Waals surface area contributed by atoms with Crippen molar-refractivity contribution in [3.8, 4) is 0 Å². The van der Waals surface area contributed by atoms with Gasteiger partial charge in [0.2, 0.25) is 0 Å². The van der Waals surface area contributed by atoms with Crippen molar-refractivity contribution in [1.82, 2.24) is 10.0 Å². The van der Waals surface area contributed by atoms with E-state index in [4.69, 9.17) is 23.2 Å².